The van der Waals surface area contributed by atoms with E-state index in [0.717, 1.165) is 6.26 Å². The smallest absolute Gasteiger partial charge is 0.179 e. The quantitative estimate of drug-likeness (QED) is 0.835. The lowest BCUT2D eigenvalue weighted by atomic mass is 9.94. The van der Waals surface area contributed by atoms with E-state index in [-0.39, 0.29) is 17.3 Å². The van der Waals surface area contributed by atoms with Crippen molar-refractivity contribution in [3.05, 3.63) is 18.3 Å². The lowest BCUT2D eigenvalue weighted by molar-refractivity contribution is -0.0544. The zero-order chi connectivity index (χ0) is 13.9. The molecule has 2 heterocycles. The molecule has 0 spiro atoms. The maximum atomic E-state index is 11.6. The van der Waals surface area contributed by atoms with E-state index in [4.69, 9.17) is 4.74 Å². The number of hydrogen-bond acceptors (Lipinski definition) is 6. The van der Waals surface area contributed by atoms with Crippen molar-refractivity contribution in [3.8, 4) is 0 Å². The van der Waals surface area contributed by atoms with Crippen molar-refractivity contribution in [3.63, 3.8) is 0 Å². The third-order valence-electron chi connectivity index (χ3n) is 3.18. The fourth-order valence-electron chi connectivity index (χ4n) is 2.00. The molecule has 19 heavy (non-hydrogen) atoms. The van der Waals surface area contributed by atoms with Gasteiger partial charge in [0.1, 0.15) is 10.7 Å². The van der Waals surface area contributed by atoms with Gasteiger partial charge in [0, 0.05) is 45.1 Å². The van der Waals surface area contributed by atoms with Crippen LogP contribution in [-0.4, -0.2) is 50.1 Å². The molecular weight excluding hydrogens is 268 g/mol. The van der Waals surface area contributed by atoms with Crippen LogP contribution in [0.15, 0.2) is 23.2 Å². The summed E-state index contributed by atoms with van der Waals surface area (Å²) in [6, 6.07) is 3.07. The predicted molar refractivity (Wildman–Crippen MR) is 70.8 cm³/mol. The predicted octanol–water partition coefficient (Wildman–Crippen LogP) is 0.438. The number of sulfone groups is 1. The summed E-state index contributed by atoms with van der Waals surface area (Å²) in [5.41, 5.74) is -0.870. The third kappa shape index (κ3) is 3.65. The van der Waals surface area contributed by atoms with Crippen LogP contribution >= 0.6 is 0 Å². The van der Waals surface area contributed by atoms with Gasteiger partial charge in [-0.15, -0.1) is 0 Å². The maximum absolute atomic E-state index is 11.6. The first-order chi connectivity index (χ1) is 8.91. The van der Waals surface area contributed by atoms with Crippen LogP contribution in [0.3, 0.4) is 0 Å². The molecule has 1 aliphatic rings. The summed E-state index contributed by atoms with van der Waals surface area (Å²) in [6.07, 6.45) is 3.71. The van der Waals surface area contributed by atoms with Gasteiger partial charge in [-0.1, -0.05) is 0 Å². The average Bonchev–Trinajstić information content (AvgIpc) is 2.37. The first kappa shape index (κ1) is 14.2. The van der Waals surface area contributed by atoms with Crippen molar-refractivity contribution in [1.29, 1.82) is 0 Å². The van der Waals surface area contributed by atoms with Gasteiger partial charge >= 0.3 is 0 Å². The summed E-state index contributed by atoms with van der Waals surface area (Å²) in [5.74, 6) is 0.282. The molecule has 0 atom stereocenters. The minimum absolute atomic E-state index is 0.144. The molecule has 2 rings (SSSR count). The number of anilines is 1. The van der Waals surface area contributed by atoms with Gasteiger partial charge in [-0.25, -0.2) is 13.4 Å². The van der Waals surface area contributed by atoms with E-state index >= 15 is 0 Å². The second kappa shape index (κ2) is 5.44. The summed E-state index contributed by atoms with van der Waals surface area (Å²) in [4.78, 5) is 4.17. The molecular formula is C12H18N2O4S. The molecule has 0 aliphatic carbocycles. The molecule has 0 unspecified atom stereocenters. The average molecular weight is 286 g/mol. The Morgan fingerprint density at radius 1 is 1.47 bits per heavy atom. The molecule has 2 N–H and O–H groups in total. The lowest BCUT2D eigenvalue weighted by Crippen LogP contribution is -2.42. The minimum Gasteiger partial charge on any atom is -0.388 e. The minimum atomic E-state index is -3.34. The maximum Gasteiger partial charge on any atom is 0.179 e. The van der Waals surface area contributed by atoms with Crippen molar-refractivity contribution in [2.75, 3.05) is 31.3 Å². The van der Waals surface area contributed by atoms with E-state index in [0.29, 0.717) is 26.1 Å². The fourth-order valence-corrected chi connectivity index (χ4v) is 2.80. The van der Waals surface area contributed by atoms with E-state index in [1.54, 1.807) is 6.07 Å². The summed E-state index contributed by atoms with van der Waals surface area (Å²) in [6.45, 7) is 1.29. The van der Waals surface area contributed by atoms with Crippen molar-refractivity contribution < 1.29 is 18.3 Å². The highest BCUT2D eigenvalue weighted by Gasteiger charge is 2.30. The fraction of sp³-hybridized carbons (Fsp3) is 0.583. The van der Waals surface area contributed by atoms with Gasteiger partial charge in [-0.3, -0.25) is 0 Å². The van der Waals surface area contributed by atoms with E-state index in [9.17, 15) is 13.5 Å². The number of pyridine rings is 1. The Balaban J connectivity index is 2.12. The Morgan fingerprint density at radius 3 is 2.79 bits per heavy atom. The second-order valence-corrected chi connectivity index (χ2v) is 6.80. The molecule has 0 radical (unpaired) electrons. The molecule has 1 fully saturated rings. The van der Waals surface area contributed by atoms with Crippen LogP contribution in [0.1, 0.15) is 12.8 Å². The summed E-state index contributed by atoms with van der Waals surface area (Å²) >= 11 is 0. The number of nitrogens with one attached hydrogen (secondary N) is 1. The van der Waals surface area contributed by atoms with Gasteiger partial charge < -0.3 is 15.2 Å². The third-order valence-corrected chi connectivity index (χ3v) is 4.31. The van der Waals surface area contributed by atoms with E-state index in [2.05, 4.69) is 10.3 Å². The number of hydrogen-bond donors (Lipinski definition) is 2. The van der Waals surface area contributed by atoms with Gasteiger partial charge in [0.2, 0.25) is 0 Å². The van der Waals surface area contributed by atoms with Gasteiger partial charge in [0.25, 0.3) is 0 Å². The largest absolute Gasteiger partial charge is 0.388 e. The molecule has 1 aliphatic heterocycles. The van der Waals surface area contributed by atoms with Crippen LogP contribution in [0.25, 0.3) is 0 Å². The first-order valence-electron chi connectivity index (χ1n) is 6.10. The van der Waals surface area contributed by atoms with E-state index in [1.165, 1.54) is 12.3 Å². The van der Waals surface area contributed by atoms with Crippen molar-refractivity contribution in [2.45, 2.75) is 23.3 Å². The van der Waals surface area contributed by atoms with Gasteiger partial charge in [0.05, 0.1) is 5.60 Å². The second-order valence-electron chi connectivity index (χ2n) is 4.81. The van der Waals surface area contributed by atoms with Gasteiger partial charge in [-0.05, 0) is 12.1 Å². The van der Waals surface area contributed by atoms with E-state index in [1.807, 2.05) is 0 Å². The highest BCUT2D eigenvalue weighted by Crippen LogP contribution is 2.23. The van der Waals surface area contributed by atoms with Crippen LogP contribution in [0.2, 0.25) is 0 Å². The normalized spacial score (nSPS) is 19.1. The molecule has 0 aromatic carbocycles. The van der Waals surface area contributed by atoms with Crippen LogP contribution in [0.4, 0.5) is 5.82 Å². The standard InChI is InChI=1S/C12H18N2O4S/c1-19(16,17)10-3-2-6-13-11(10)14-9-12(15)4-7-18-8-5-12/h2-3,6,15H,4-5,7-9H2,1H3,(H,13,14). The molecule has 0 amide bonds. The Labute approximate surface area is 112 Å². The molecule has 1 aromatic heterocycles. The Hall–Kier alpha value is -1.18. The van der Waals surface area contributed by atoms with Crippen molar-refractivity contribution >= 4 is 15.7 Å². The number of aromatic nitrogens is 1. The molecule has 0 bridgehead atoms. The number of rotatable bonds is 4. The Kier molecular flexibility index (Phi) is 4.07. The SMILES string of the molecule is CS(=O)(=O)c1cccnc1NCC1(O)CCOCC1. The van der Waals surface area contributed by atoms with Crippen LogP contribution < -0.4 is 5.32 Å². The molecule has 0 saturated carbocycles. The first-order valence-corrected chi connectivity index (χ1v) is 7.99. The highest BCUT2D eigenvalue weighted by molar-refractivity contribution is 7.90. The summed E-state index contributed by atoms with van der Waals surface area (Å²) < 4.78 is 28.4. The van der Waals surface area contributed by atoms with Crippen LogP contribution in [-0.2, 0) is 14.6 Å². The van der Waals surface area contributed by atoms with Gasteiger partial charge in [0.15, 0.2) is 9.84 Å². The van der Waals surface area contributed by atoms with Crippen LogP contribution in [0, 0.1) is 0 Å². The molecule has 7 heteroatoms. The Bertz CT molecular complexity index is 538. The number of ether oxygens (including phenoxy) is 1. The molecule has 106 valence electrons. The number of aliphatic hydroxyl groups is 1. The number of nitrogens with zero attached hydrogens (tertiary/aromatic N) is 1. The zero-order valence-corrected chi connectivity index (χ0v) is 11.6. The monoisotopic (exact) mass is 286 g/mol. The van der Waals surface area contributed by atoms with Crippen molar-refractivity contribution in [2.24, 2.45) is 0 Å². The van der Waals surface area contributed by atoms with Crippen LogP contribution in [0.5, 0.6) is 0 Å². The molecule has 6 nitrogen and oxygen atoms in total. The topological polar surface area (TPSA) is 88.5 Å². The Morgan fingerprint density at radius 2 is 2.16 bits per heavy atom. The molecule has 1 saturated heterocycles. The summed E-state index contributed by atoms with van der Waals surface area (Å²) in [5, 5.41) is 13.2. The van der Waals surface area contributed by atoms with Crippen molar-refractivity contribution in [1.82, 2.24) is 4.98 Å². The van der Waals surface area contributed by atoms with Gasteiger partial charge in [-0.2, -0.15) is 0 Å². The highest BCUT2D eigenvalue weighted by atomic mass is 32.2. The summed E-state index contributed by atoms with van der Waals surface area (Å²) in [7, 11) is -3.34. The van der Waals surface area contributed by atoms with E-state index < -0.39 is 15.4 Å². The lowest BCUT2D eigenvalue weighted by Gasteiger charge is -2.32. The molecule has 1 aromatic rings. The zero-order valence-electron chi connectivity index (χ0n) is 10.8.